The molecule has 0 spiro atoms. The molecule has 0 saturated carbocycles. The van der Waals surface area contributed by atoms with Crippen molar-refractivity contribution in [1.82, 2.24) is 4.90 Å². The van der Waals surface area contributed by atoms with E-state index in [-0.39, 0.29) is 0 Å². The van der Waals surface area contributed by atoms with Gasteiger partial charge in [-0.1, -0.05) is 69.8 Å². The second-order valence-electron chi connectivity index (χ2n) is 7.17. The van der Waals surface area contributed by atoms with Crippen molar-refractivity contribution in [3.63, 3.8) is 0 Å². The molecule has 1 aliphatic rings. The van der Waals surface area contributed by atoms with Gasteiger partial charge in [0.1, 0.15) is 0 Å². The third kappa shape index (κ3) is 12.0. The van der Waals surface area contributed by atoms with Crippen LogP contribution >= 0.6 is 0 Å². The van der Waals surface area contributed by atoms with Crippen LogP contribution in [0.15, 0.2) is 29.3 Å². The zero-order valence-corrected chi connectivity index (χ0v) is 16.5. The number of nitrogens with two attached hydrogens (primary N) is 1. The molecular weight excluding hydrogens is 306 g/mol. The van der Waals surface area contributed by atoms with Crippen LogP contribution in [0.2, 0.25) is 0 Å². The molecule has 0 aliphatic carbocycles. The van der Waals surface area contributed by atoms with Gasteiger partial charge in [0.2, 0.25) is 0 Å². The zero-order chi connectivity index (χ0) is 18.0. The van der Waals surface area contributed by atoms with Crippen molar-refractivity contribution in [1.29, 1.82) is 0 Å². The number of rotatable bonds is 16. The summed E-state index contributed by atoms with van der Waals surface area (Å²) in [4.78, 5) is 6.61. The average molecular weight is 348 g/mol. The Morgan fingerprint density at radius 2 is 1.64 bits per heavy atom. The van der Waals surface area contributed by atoms with Crippen LogP contribution in [0.3, 0.4) is 0 Å². The fraction of sp³-hybridized carbons (Fsp3) is 0.773. The van der Waals surface area contributed by atoms with Crippen LogP contribution in [0.25, 0.3) is 0 Å². The number of aliphatic imine (C=N–C) groups is 1. The summed E-state index contributed by atoms with van der Waals surface area (Å²) in [5.41, 5.74) is 5.90. The van der Waals surface area contributed by atoms with E-state index in [1.54, 1.807) is 0 Å². The Morgan fingerprint density at radius 1 is 0.960 bits per heavy atom. The molecule has 1 unspecified atom stereocenters. The van der Waals surface area contributed by atoms with Crippen LogP contribution in [-0.4, -0.2) is 36.9 Å². The third-order valence-corrected chi connectivity index (χ3v) is 4.95. The van der Waals surface area contributed by atoms with Crippen LogP contribution in [0.1, 0.15) is 84.0 Å². The molecule has 0 fully saturated rings. The van der Waals surface area contributed by atoms with Crippen molar-refractivity contribution in [3.05, 3.63) is 24.3 Å². The predicted molar refractivity (Wildman–Crippen MR) is 112 cm³/mol. The highest BCUT2D eigenvalue weighted by Crippen LogP contribution is 2.13. The number of allylic oxidation sites excluding steroid dienone is 4. The minimum Gasteiger partial charge on any atom is -0.357 e. The van der Waals surface area contributed by atoms with Gasteiger partial charge in [-0.15, -0.1) is 0 Å². The molecule has 1 heterocycles. The predicted octanol–water partition coefficient (Wildman–Crippen LogP) is 5.47. The van der Waals surface area contributed by atoms with Crippen LogP contribution in [0.5, 0.6) is 0 Å². The van der Waals surface area contributed by atoms with Crippen molar-refractivity contribution in [3.8, 4) is 0 Å². The van der Waals surface area contributed by atoms with Gasteiger partial charge in [0.05, 0.1) is 12.9 Å². The quantitative estimate of drug-likeness (QED) is 0.297. The number of unbranched alkanes of at least 4 members (excludes halogenated alkanes) is 8. The molecule has 0 radical (unpaired) electrons. The van der Waals surface area contributed by atoms with Gasteiger partial charge in [-0.05, 0) is 38.5 Å². The van der Waals surface area contributed by atoms with E-state index < -0.39 is 0 Å². The monoisotopic (exact) mass is 347 g/mol. The Morgan fingerprint density at radius 3 is 2.28 bits per heavy atom. The maximum Gasteiger partial charge on any atom is 0.0854 e. The van der Waals surface area contributed by atoms with E-state index in [0.29, 0.717) is 6.04 Å². The largest absolute Gasteiger partial charge is 0.357 e. The van der Waals surface area contributed by atoms with Crippen molar-refractivity contribution < 1.29 is 0 Å². The van der Waals surface area contributed by atoms with Crippen LogP contribution in [-0.2, 0) is 0 Å². The summed E-state index contributed by atoms with van der Waals surface area (Å²) in [6, 6.07) is 0.504. The molecule has 0 bridgehead atoms. The molecule has 0 saturated heterocycles. The summed E-state index contributed by atoms with van der Waals surface area (Å²) in [5.74, 6) is 0. The lowest BCUT2D eigenvalue weighted by Gasteiger charge is -2.25. The number of hydrogen-bond acceptors (Lipinski definition) is 3. The molecule has 1 rings (SSSR count). The highest BCUT2D eigenvalue weighted by atomic mass is 15.2. The maximum atomic E-state index is 5.90. The zero-order valence-electron chi connectivity index (χ0n) is 16.5. The average Bonchev–Trinajstić information content (AvgIpc) is 3.16. The minimum atomic E-state index is 0.504. The molecule has 2 N–H and O–H groups in total. The minimum absolute atomic E-state index is 0.504. The molecular formula is C22H41N3. The van der Waals surface area contributed by atoms with Crippen molar-refractivity contribution in [2.24, 2.45) is 10.7 Å². The van der Waals surface area contributed by atoms with E-state index in [1.807, 2.05) is 6.34 Å². The normalized spacial score (nSPS) is 15.8. The highest BCUT2D eigenvalue weighted by molar-refractivity contribution is 5.57. The van der Waals surface area contributed by atoms with E-state index in [1.165, 1.54) is 70.6 Å². The fourth-order valence-electron chi connectivity index (χ4n) is 3.28. The SMILES string of the molecule is CCCCCC=CCC=CCCCCCCCC(CN)N1C=NCC1. The first kappa shape index (κ1) is 22.0. The van der Waals surface area contributed by atoms with Gasteiger partial charge in [0.25, 0.3) is 0 Å². The van der Waals surface area contributed by atoms with Crippen molar-refractivity contribution >= 4 is 6.34 Å². The molecule has 1 atom stereocenters. The standard InChI is InChI=1S/C22H41N3/c1-2-3-4-5-6-7-8-9-10-11-12-13-14-15-16-17-22(20-23)25-19-18-24-21-25/h6-7,9-10,21-22H,2-5,8,11-20,23H2,1H3. The summed E-state index contributed by atoms with van der Waals surface area (Å²) in [7, 11) is 0. The lowest BCUT2D eigenvalue weighted by Crippen LogP contribution is -2.38. The summed E-state index contributed by atoms with van der Waals surface area (Å²) >= 11 is 0. The first-order valence-electron chi connectivity index (χ1n) is 10.6. The summed E-state index contributed by atoms with van der Waals surface area (Å²) in [5, 5.41) is 0. The number of nitrogens with zero attached hydrogens (tertiary/aromatic N) is 2. The number of hydrogen-bond donors (Lipinski definition) is 1. The Labute approximate surface area is 156 Å². The van der Waals surface area contributed by atoms with E-state index in [2.05, 4.69) is 41.1 Å². The fourth-order valence-corrected chi connectivity index (χ4v) is 3.28. The lowest BCUT2D eigenvalue weighted by atomic mass is 10.0. The molecule has 0 aromatic rings. The van der Waals surface area contributed by atoms with Gasteiger partial charge in [-0.3, -0.25) is 4.99 Å². The Balaban J connectivity index is 1.86. The summed E-state index contributed by atoms with van der Waals surface area (Å²) in [6.07, 6.45) is 26.8. The first-order valence-corrected chi connectivity index (χ1v) is 10.6. The molecule has 1 aliphatic heterocycles. The summed E-state index contributed by atoms with van der Waals surface area (Å²) < 4.78 is 0. The Bertz CT molecular complexity index is 373. The molecule has 25 heavy (non-hydrogen) atoms. The van der Waals surface area contributed by atoms with E-state index in [0.717, 1.165) is 26.1 Å². The van der Waals surface area contributed by atoms with Gasteiger partial charge in [0, 0.05) is 19.1 Å². The van der Waals surface area contributed by atoms with E-state index in [4.69, 9.17) is 5.73 Å². The smallest absolute Gasteiger partial charge is 0.0854 e. The Kier molecular flexibility index (Phi) is 14.4. The van der Waals surface area contributed by atoms with Gasteiger partial charge in [0.15, 0.2) is 0 Å². The summed E-state index contributed by atoms with van der Waals surface area (Å²) in [6.45, 7) is 5.01. The maximum absolute atomic E-state index is 5.90. The molecule has 144 valence electrons. The van der Waals surface area contributed by atoms with Crippen molar-refractivity contribution in [2.75, 3.05) is 19.6 Å². The van der Waals surface area contributed by atoms with Gasteiger partial charge < -0.3 is 10.6 Å². The third-order valence-electron chi connectivity index (χ3n) is 4.95. The van der Waals surface area contributed by atoms with E-state index in [9.17, 15) is 0 Å². The van der Waals surface area contributed by atoms with Crippen LogP contribution < -0.4 is 5.73 Å². The molecule has 0 aromatic heterocycles. The molecule has 0 aromatic carbocycles. The second-order valence-corrected chi connectivity index (χ2v) is 7.17. The van der Waals surface area contributed by atoms with Crippen LogP contribution in [0, 0.1) is 0 Å². The topological polar surface area (TPSA) is 41.6 Å². The second kappa shape index (κ2) is 16.4. The highest BCUT2D eigenvalue weighted by Gasteiger charge is 2.15. The van der Waals surface area contributed by atoms with Gasteiger partial charge in [-0.25, -0.2) is 0 Å². The van der Waals surface area contributed by atoms with Crippen LogP contribution in [0.4, 0.5) is 0 Å². The van der Waals surface area contributed by atoms with Gasteiger partial charge in [-0.2, -0.15) is 0 Å². The molecule has 3 nitrogen and oxygen atoms in total. The van der Waals surface area contributed by atoms with Crippen molar-refractivity contribution in [2.45, 2.75) is 90.0 Å². The molecule has 3 heteroatoms. The van der Waals surface area contributed by atoms with E-state index >= 15 is 0 Å². The molecule has 0 amide bonds. The first-order chi connectivity index (χ1) is 12.4. The Hall–Kier alpha value is -1.09. The lowest BCUT2D eigenvalue weighted by molar-refractivity contribution is 0.321. The van der Waals surface area contributed by atoms with Gasteiger partial charge >= 0.3 is 0 Å².